The quantitative estimate of drug-likeness (QED) is 0.863. The van der Waals surface area contributed by atoms with Gasteiger partial charge in [0.25, 0.3) is 0 Å². The summed E-state index contributed by atoms with van der Waals surface area (Å²) in [5, 5.41) is 3.41. The van der Waals surface area contributed by atoms with Crippen molar-refractivity contribution in [2.75, 3.05) is 19.6 Å². The van der Waals surface area contributed by atoms with Crippen LogP contribution < -0.4 is 5.32 Å². The highest BCUT2D eigenvalue weighted by Crippen LogP contribution is 2.35. The molecule has 1 aromatic heterocycles. The second kappa shape index (κ2) is 6.69. The Morgan fingerprint density at radius 1 is 1.11 bits per heavy atom. The third-order valence-electron chi connectivity index (χ3n) is 5.76. The summed E-state index contributed by atoms with van der Waals surface area (Å²) in [6.07, 6.45) is 1.81. The molecule has 0 spiro atoms. The van der Waals surface area contributed by atoms with E-state index in [0.29, 0.717) is 18.0 Å². The minimum atomic E-state index is -3.55. The highest BCUT2D eigenvalue weighted by molar-refractivity contribution is 7.89. The van der Waals surface area contributed by atoms with Crippen LogP contribution >= 0.6 is 0 Å². The first-order valence-corrected chi connectivity index (χ1v) is 11.0. The van der Waals surface area contributed by atoms with Crippen LogP contribution in [-0.2, 0) is 22.0 Å². The van der Waals surface area contributed by atoms with Crippen molar-refractivity contribution in [1.29, 1.82) is 0 Å². The number of rotatable bonds is 2. The van der Waals surface area contributed by atoms with E-state index in [1.807, 2.05) is 30.5 Å². The van der Waals surface area contributed by atoms with Crippen molar-refractivity contribution in [3.8, 4) is 0 Å². The normalized spacial score (nSPS) is 23.5. The van der Waals surface area contributed by atoms with Crippen LogP contribution in [0.5, 0.6) is 0 Å². The number of aromatic nitrogens is 1. The zero-order valence-electron chi connectivity index (χ0n) is 16.1. The fourth-order valence-corrected chi connectivity index (χ4v) is 5.61. The van der Waals surface area contributed by atoms with E-state index in [-0.39, 0.29) is 17.3 Å². The summed E-state index contributed by atoms with van der Waals surface area (Å²) in [5.41, 5.74) is 3.20. The van der Waals surface area contributed by atoms with E-state index in [1.165, 1.54) is 0 Å². The smallest absolute Gasteiger partial charge is 0.243 e. The van der Waals surface area contributed by atoms with Crippen molar-refractivity contribution in [1.82, 2.24) is 14.6 Å². The van der Waals surface area contributed by atoms with Crippen molar-refractivity contribution >= 4 is 10.0 Å². The second-order valence-corrected chi connectivity index (χ2v) is 10.6. The molecule has 0 radical (unpaired) electrons. The topological polar surface area (TPSA) is 62.3 Å². The number of fused-ring (bicyclic) bond motifs is 3. The van der Waals surface area contributed by atoms with Crippen LogP contribution in [0.15, 0.2) is 47.5 Å². The van der Waals surface area contributed by atoms with E-state index in [1.54, 1.807) is 16.4 Å². The van der Waals surface area contributed by atoms with E-state index in [0.717, 1.165) is 29.9 Å². The zero-order chi connectivity index (χ0) is 19.2. The predicted molar refractivity (Wildman–Crippen MR) is 106 cm³/mol. The molecule has 0 unspecified atom stereocenters. The minimum Gasteiger partial charge on any atom is -0.316 e. The summed E-state index contributed by atoms with van der Waals surface area (Å²) in [6.45, 7) is 8.99. The molecule has 1 saturated heterocycles. The summed E-state index contributed by atoms with van der Waals surface area (Å²) in [4.78, 5) is 4.95. The maximum atomic E-state index is 13.4. The van der Waals surface area contributed by atoms with Crippen LogP contribution in [0.25, 0.3) is 0 Å². The van der Waals surface area contributed by atoms with Gasteiger partial charge in [-0.25, -0.2) is 8.42 Å². The zero-order valence-corrected chi connectivity index (χ0v) is 17.0. The van der Waals surface area contributed by atoms with Gasteiger partial charge in [0, 0.05) is 37.4 Å². The lowest BCUT2D eigenvalue weighted by atomic mass is 9.87. The van der Waals surface area contributed by atoms with E-state index in [4.69, 9.17) is 0 Å². The molecule has 3 heterocycles. The lowest BCUT2D eigenvalue weighted by Gasteiger charge is -2.24. The van der Waals surface area contributed by atoms with E-state index < -0.39 is 10.0 Å². The number of benzene rings is 1. The Bertz CT molecular complexity index is 933. The van der Waals surface area contributed by atoms with Gasteiger partial charge in [0.05, 0.1) is 4.90 Å². The van der Waals surface area contributed by atoms with Crippen molar-refractivity contribution in [2.45, 2.75) is 43.5 Å². The highest BCUT2D eigenvalue weighted by atomic mass is 32.2. The monoisotopic (exact) mass is 385 g/mol. The van der Waals surface area contributed by atoms with Gasteiger partial charge in [-0.15, -0.1) is 0 Å². The van der Waals surface area contributed by atoms with Gasteiger partial charge in [0.1, 0.15) is 0 Å². The Labute approximate surface area is 161 Å². The number of hydrogen-bond donors (Lipinski definition) is 1. The summed E-state index contributed by atoms with van der Waals surface area (Å²) in [6, 6.07) is 11.3. The molecular weight excluding hydrogens is 358 g/mol. The first kappa shape index (κ1) is 18.6. The van der Waals surface area contributed by atoms with Gasteiger partial charge in [0.15, 0.2) is 0 Å². The average molecular weight is 386 g/mol. The molecule has 0 aliphatic carbocycles. The molecule has 0 amide bonds. The van der Waals surface area contributed by atoms with Crippen LogP contribution in [-0.4, -0.2) is 37.3 Å². The Hall–Kier alpha value is -1.76. The Kier molecular flexibility index (Phi) is 4.61. The Morgan fingerprint density at radius 3 is 2.56 bits per heavy atom. The first-order valence-electron chi connectivity index (χ1n) is 9.52. The summed E-state index contributed by atoms with van der Waals surface area (Å²) < 4.78 is 28.4. The van der Waals surface area contributed by atoms with Gasteiger partial charge < -0.3 is 5.32 Å². The standard InChI is InChI=1S/C21H27N3O2S/c1-21(2,3)17-6-8-18(9-7-17)27(25,26)24-13-15-5-4-10-23-20(15)19-12-22-11-16(19)14-24/h4-10,16,19,22H,11-14H2,1-3H3/t16-,19+/m1/s1. The van der Waals surface area contributed by atoms with Gasteiger partial charge in [0.2, 0.25) is 10.0 Å². The fourth-order valence-electron chi connectivity index (χ4n) is 4.14. The maximum Gasteiger partial charge on any atom is 0.243 e. The molecule has 27 heavy (non-hydrogen) atoms. The lowest BCUT2D eigenvalue weighted by Crippen LogP contribution is -2.35. The first-order chi connectivity index (χ1) is 12.8. The molecule has 2 aliphatic rings. The Balaban J connectivity index is 1.70. The number of sulfonamides is 1. The van der Waals surface area contributed by atoms with Gasteiger partial charge in [-0.05, 0) is 47.2 Å². The predicted octanol–water partition coefficient (Wildman–Crippen LogP) is 2.89. The summed E-state index contributed by atoms with van der Waals surface area (Å²) in [5.74, 6) is 0.537. The molecule has 5 nitrogen and oxygen atoms in total. The van der Waals surface area contributed by atoms with Gasteiger partial charge in [-0.3, -0.25) is 4.98 Å². The van der Waals surface area contributed by atoms with Crippen LogP contribution in [0.4, 0.5) is 0 Å². The third-order valence-corrected chi connectivity index (χ3v) is 7.59. The molecule has 2 aromatic rings. The lowest BCUT2D eigenvalue weighted by molar-refractivity contribution is 0.349. The SMILES string of the molecule is CC(C)(C)c1ccc(S(=O)(=O)N2Cc3cccnc3[C@H]3CNC[C@@H]3C2)cc1. The molecule has 4 rings (SSSR count). The van der Waals surface area contributed by atoms with Crippen molar-refractivity contribution < 1.29 is 8.42 Å². The minimum absolute atomic E-state index is 0.00174. The second-order valence-electron chi connectivity index (χ2n) is 8.64. The van der Waals surface area contributed by atoms with Gasteiger partial charge in [-0.1, -0.05) is 39.0 Å². The van der Waals surface area contributed by atoms with Crippen LogP contribution in [0.1, 0.15) is 43.5 Å². The molecular formula is C21H27N3O2S. The van der Waals surface area contributed by atoms with Gasteiger partial charge >= 0.3 is 0 Å². The number of nitrogens with one attached hydrogen (secondary N) is 1. The van der Waals surface area contributed by atoms with E-state index in [9.17, 15) is 8.42 Å². The molecule has 144 valence electrons. The molecule has 2 aliphatic heterocycles. The molecule has 1 fully saturated rings. The maximum absolute atomic E-state index is 13.4. The van der Waals surface area contributed by atoms with Crippen molar-refractivity contribution in [2.24, 2.45) is 5.92 Å². The summed E-state index contributed by atoms with van der Waals surface area (Å²) >= 11 is 0. The molecule has 1 N–H and O–H groups in total. The fraction of sp³-hybridized carbons (Fsp3) is 0.476. The molecule has 0 bridgehead atoms. The molecule has 2 atom stereocenters. The average Bonchev–Trinajstić information content (AvgIpc) is 3.03. The molecule has 1 aromatic carbocycles. The number of nitrogens with zero attached hydrogens (tertiary/aromatic N) is 2. The third kappa shape index (κ3) is 3.42. The van der Waals surface area contributed by atoms with Crippen molar-refractivity contribution in [3.63, 3.8) is 0 Å². The van der Waals surface area contributed by atoms with Crippen LogP contribution in [0.3, 0.4) is 0 Å². The van der Waals surface area contributed by atoms with Crippen LogP contribution in [0, 0.1) is 5.92 Å². The largest absolute Gasteiger partial charge is 0.316 e. The van der Waals surface area contributed by atoms with Crippen LogP contribution in [0.2, 0.25) is 0 Å². The Morgan fingerprint density at radius 2 is 1.85 bits per heavy atom. The molecule has 0 saturated carbocycles. The highest BCUT2D eigenvalue weighted by Gasteiger charge is 2.39. The van der Waals surface area contributed by atoms with E-state index >= 15 is 0 Å². The molecule has 6 heteroatoms. The van der Waals surface area contributed by atoms with Gasteiger partial charge in [-0.2, -0.15) is 4.31 Å². The number of pyridine rings is 1. The summed E-state index contributed by atoms with van der Waals surface area (Å²) in [7, 11) is -3.55. The van der Waals surface area contributed by atoms with Crippen molar-refractivity contribution in [3.05, 3.63) is 59.4 Å². The number of hydrogen-bond acceptors (Lipinski definition) is 4. The van der Waals surface area contributed by atoms with E-state index in [2.05, 4.69) is 31.1 Å².